The highest BCUT2D eigenvalue weighted by Gasteiger charge is 2.38. The number of amides is 2. The van der Waals surface area contributed by atoms with E-state index in [1.807, 2.05) is 6.92 Å². The molecule has 1 saturated heterocycles. The quantitative estimate of drug-likeness (QED) is 0.789. The van der Waals surface area contributed by atoms with Crippen molar-refractivity contribution in [1.29, 1.82) is 0 Å². The molecular weight excluding hydrogens is 220 g/mol. The lowest BCUT2D eigenvalue weighted by atomic mass is 10.1. The fourth-order valence-corrected chi connectivity index (χ4v) is 2.06. The molecule has 1 aliphatic heterocycles. The highest BCUT2D eigenvalue weighted by molar-refractivity contribution is 6.08. The topological polar surface area (TPSA) is 67.2 Å². The van der Waals surface area contributed by atoms with Gasteiger partial charge < -0.3 is 5.32 Å². The van der Waals surface area contributed by atoms with Crippen LogP contribution in [-0.4, -0.2) is 33.7 Å². The average Bonchev–Trinajstić information content (AvgIpc) is 2.69. The van der Waals surface area contributed by atoms with Gasteiger partial charge >= 0.3 is 0 Å². The van der Waals surface area contributed by atoms with E-state index in [9.17, 15) is 9.59 Å². The van der Waals surface area contributed by atoms with Gasteiger partial charge in [-0.3, -0.25) is 19.2 Å². The lowest BCUT2D eigenvalue weighted by Gasteiger charge is -2.36. The molecule has 1 aromatic rings. The van der Waals surface area contributed by atoms with Gasteiger partial charge in [0.25, 0.3) is 0 Å². The molecule has 1 aromatic heterocycles. The largest absolute Gasteiger partial charge is 0.343 e. The fraction of sp³-hybridized carbons (Fsp3) is 0.545. The van der Waals surface area contributed by atoms with Gasteiger partial charge in [-0.1, -0.05) is 6.92 Å². The lowest BCUT2D eigenvalue weighted by molar-refractivity contribution is -0.133. The maximum atomic E-state index is 12.1. The average molecular weight is 236 g/mol. The van der Waals surface area contributed by atoms with Crippen LogP contribution in [0.25, 0.3) is 0 Å². The number of carbonyl (C=O) groups is 2. The number of rotatable bonds is 2. The highest BCUT2D eigenvalue weighted by atomic mass is 16.2. The van der Waals surface area contributed by atoms with E-state index in [-0.39, 0.29) is 11.8 Å². The minimum atomic E-state index is -0.481. The van der Waals surface area contributed by atoms with Crippen molar-refractivity contribution in [3.8, 4) is 0 Å². The summed E-state index contributed by atoms with van der Waals surface area (Å²) in [5, 5.41) is 6.72. The number of aromatic nitrogens is 2. The normalized spacial score (nSPS) is 25.0. The SMILES string of the molecule is CCC1C(=O)NC(C)C(=O)N1c1cnn(C)c1. The van der Waals surface area contributed by atoms with Crippen molar-refractivity contribution >= 4 is 17.5 Å². The number of piperazine rings is 1. The van der Waals surface area contributed by atoms with Gasteiger partial charge in [-0.05, 0) is 13.3 Å². The van der Waals surface area contributed by atoms with Crippen LogP contribution in [0.15, 0.2) is 12.4 Å². The molecule has 2 amide bonds. The number of hydrogen-bond acceptors (Lipinski definition) is 3. The Balaban J connectivity index is 2.38. The maximum Gasteiger partial charge on any atom is 0.250 e. The molecule has 2 atom stereocenters. The Kier molecular flexibility index (Phi) is 2.87. The summed E-state index contributed by atoms with van der Waals surface area (Å²) in [6, 6.07) is -0.923. The highest BCUT2D eigenvalue weighted by Crippen LogP contribution is 2.22. The van der Waals surface area contributed by atoms with E-state index in [2.05, 4.69) is 10.4 Å². The number of anilines is 1. The van der Waals surface area contributed by atoms with Crippen LogP contribution >= 0.6 is 0 Å². The Morgan fingerprint density at radius 3 is 2.71 bits per heavy atom. The summed E-state index contributed by atoms with van der Waals surface area (Å²) in [7, 11) is 1.78. The summed E-state index contributed by atoms with van der Waals surface area (Å²) in [6.07, 6.45) is 3.93. The third kappa shape index (κ3) is 1.90. The van der Waals surface area contributed by atoms with Crippen LogP contribution in [0.2, 0.25) is 0 Å². The first kappa shape index (κ1) is 11.6. The summed E-state index contributed by atoms with van der Waals surface area (Å²) in [4.78, 5) is 25.5. The zero-order valence-corrected chi connectivity index (χ0v) is 10.2. The molecule has 6 heteroatoms. The van der Waals surface area contributed by atoms with Crippen molar-refractivity contribution in [2.45, 2.75) is 32.4 Å². The third-order valence-corrected chi connectivity index (χ3v) is 2.94. The molecule has 0 aliphatic carbocycles. The van der Waals surface area contributed by atoms with E-state index >= 15 is 0 Å². The van der Waals surface area contributed by atoms with Gasteiger partial charge in [0, 0.05) is 13.2 Å². The van der Waals surface area contributed by atoms with Crippen molar-refractivity contribution in [2.75, 3.05) is 4.90 Å². The van der Waals surface area contributed by atoms with Crippen LogP contribution in [0.5, 0.6) is 0 Å². The van der Waals surface area contributed by atoms with E-state index in [1.165, 1.54) is 4.90 Å². The van der Waals surface area contributed by atoms with Crippen LogP contribution < -0.4 is 10.2 Å². The molecule has 0 saturated carbocycles. The molecule has 0 spiro atoms. The summed E-state index contributed by atoms with van der Waals surface area (Å²) >= 11 is 0. The van der Waals surface area contributed by atoms with E-state index < -0.39 is 12.1 Å². The smallest absolute Gasteiger partial charge is 0.250 e. The van der Waals surface area contributed by atoms with Gasteiger partial charge in [0.2, 0.25) is 11.8 Å². The Bertz CT molecular complexity index is 454. The second-order valence-electron chi connectivity index (χ2n) is 4.23. The molecule has 0 bridgehead atoms. The van der Waals surface area contributed by atoms with Gasteiger partial charge in [0.05, 0.1) is 11.9 Å². The number of nitrogens with one attached hydrogen (secondary N) is 1. The van der Waals surface area contributed by atoms with Gasteiger partial charge in [0.15, 0.2) is 0 Å². The van der Waals surface area contributed by atoms with Crippen LogP contribution in [-0.2, 0) is 16.6 Å². The Morgan fingerprint density at radius 2 is 2.18 bits per heavy atom. The summed E-state index contributed by atoms with van der Waals surface area (Å²) < 4.78 is 1.62. The van der Waals surface area contributed by atoms with Crippen molar-refractivity contribution in [3.63, 3.8) is 0 Å². The molecule has 2 rings (SSSR count). The molecule has 17 heavy (non-hydrogen) atoms. The molecule has 1 fully saturated rings. The first-order chi connectivity index (χ1) is 8.04. The summed E-state index contributed by atoms with van der Waals surface area (Å²) in [5.74, 6) is -0.201. The monoisotopic (exact) mass is 236 g/mol. The van der Waals surface area contributed by atoms with E-state index in [4.69, 9.17) is 0 Å². The molecule has 0 radical (unpaired) electrons. The van der Waals surface area contributed by atoms with Crippen molar-refractivity contribution < 1.29 is 9.59 Å². The second kappa shape index (κ2) is 4.20. The van der Waals surface area contributed by atoms with Crippen LogP contribution in [0, 0.1) is 0 Å². The van der Waals surface area contributed by atoms with Crippen LogP contribution in [0.3, 0.4) is 0 Å². The zero-order valence-electron chi connectivity index (χ0n) is 10.2. The predicted molar refractivity (Wildman–Crippen MR) is 62.4 cm³/mol. The number of aryl methyl sites for hydroxylation is 1. The molecule has 92 valence electrons. The number of hydrogen-bond donors (Lipinski definition) is 1. The number of carbonyl (C=O) groups excluding carboxylic acids is 2. The lowest BCUT2D eigenvalue weighted by Crippen LogP contribution is -2.62. The molecule has 0 aromatic carbocycles. The molecular formula is C11H16N4O2. The van der Waals surface area contributed by atoms with E-state index in [1.54, 1.807) is 31.0 Å². The Hall–Kier alpha value is -1.85. The predicted octanol–water partition coefficient (Wildman–Crippen LogP) is 0.0500. The maximum absolute atomic E-state index is 12.1. The van der Waals surface area contributed by atoms with Crippen LogP contribution in [0.1, 0.15) is 20.3 Å². The van der Waals surface area contributed by atoms with Gasteiger partial charge in [0.1, 0.15) is 12.1 Å². The van der Waals surface area contributed by atoms with Gasteiger partial charge in [-0.15, -0.1) is 0 Å². The summed E-state index contributed by atoms with van der Waals surface area (Å²) in [6.45, 7) is 3.58. The van der Waals surface area contributed by atoms with Crippen molar-refractivity contribution in [2.24, 2.45) is 7.05 Å². The fourth-order valence-electron chi connectivity index (χ4n) is 2.06. The van der Waals surface area contributed by atoms with Gasteiger partial charge in [-0.25, -0.2) is 0 Å². The minimum absolute atomic E-state index is 0.0931. The van der Waals surface area contributed by atoms with E-state index in [0.29, 0.717) is 12.1 Å². The third-order valence-electron chi connectivity index (χ3n) is 2.94. The minimum Gasteiger partial charge on any atom is -0.343 e. The Labute approximate surface area is 99.6 Å². The molecule has 2 unspecified atom stereocenters. The first-order valence-electron chi connectivity index (χ1n) is 5.66. The molecule has 1 N–H and O–H groups in total. The van der Waals surface area contributed by atoms with Crippen molar-refractivity contribution in [3.05, 3.63) is 12.4 Å². The standard InChI is InChI=1S/C11H16N4O2/c1-4-9-10(16)13-7(2)11(17)15(9)8-5-12-14(3)6-8/h5-7,9H,4H2,1-3H3,(H,13,16). The molecule has 6 nitrogen and oxygen atoms in total. The van der Waals surface area contributed by atoms with E-state index in [0.717, 1.165) is 0 Å². The summed E-state index contributed by atoms with van der Waals surface area (Å²) in [5.41, 5.74) is 0.672. The van der Waals surface area contributed by atoms with Gasteiger partial charge in [-0.2, -0.15) is 5.10 Å². The Morgan fingerprint density at radius 1 is 1.47 bits per heavy atom. The molecule has 2 heterocycles. The zero-order chi connectivity index (χ0) is 12.6. The van der Waals surface area contributed by atoms with Crippen molar-refractivity contribution in [1.82, 2.24) is 15.1 Å². The molecule has 1 aliphatic rings. The first-order valence-corrected chi connectivity index (χ1v) is 5.66. The second-order valence-corrected chi connectivity index (χ2v) is 4.23. The number of nitrogens with zero attached hydrogens (tertiary/aromatic N) is 3. The van der Waals surface area contributed by atoms with Crippen LogP contribution in [0.4, 0.5) is 5.69 Å².